The van der Waals surface area contributed by atoms with Crippen LogP contribution in [0.1, 0.15) is 35.6 Å². The average Bonchev–Trinajstić information content (AvgIpc) is 3.38. The van der Waals surface area contributed by atoms with Crippen LogP contribution in [0.5, 0.6) is 0 Å². The van der Waals surface area contributed by atoms with Crippen LogP contribution in [0.2, 0.25) is 0 Å². The van der Waals surface area contributed by atoms with Gasteiger partial charge < -0.3 is 9.64 Å². The average molecular weight is 432 g/mol. The van der Waals surface area contributed by atoms with Crippen molar-refractivity contribution in [3.05, 3.63) is 95.3 Å². The van der Waals surface area contributed by atoms with Crippen LogP contribution in [0.3, 0.4) is 0 Å². The fraction of sp³-hybridized carbons (Fsp3) is 0.259. The van der Waals surface area contributed by atoms with Gasteiger partial charge in [0.1, 0.15) is 5.82 Å². The van der Waals surface area contributed by atoms with Crippen molar-refractivity contribution in [2.45, 2.75) is 31.6 Å². The van der Waals surface area contributed by atoms with Crippen molar-refractivity contribution in [3.63, 3.8) is 0 Å². The van der Waals surface area contributed by atoms with Gasteiger partial charge in [-0.1, -0.05) is 49.4 Å². The highest BCUT2D eigenvalue weighted by molar-refractivity contribution is 7.22. The maximum absolute atomic E-state index is 13.4. The van der Waals surface area contributed by atoms with Crippen molar-refractivity contribution in [1.82, 2.24) is 4.90 Å². The van der Waals surface area contributed by atoms with Crippen LogP contribution >= 0.6 is 11.3 Å². The Morgan fingerprint density at radius 2 is 1.77 bits per heavy atom. The minimum Gasteiger partial charge on any atom is -0.367 e. The highest BCUT2D eigenvalue weighted by atomic mass is 32.1. The number of hydrogen-bond acceptors (Lipinski definition) is 3. The lowest BCUT2D eigenvalue weighted by atomic mass is 9.85. The molecule has 4 heteroatoms. The predicted octanol–water partition coefficient (Wildman–Crippen LogP) is 7.01. The first-order valence-electron chi connectivity index (χ1n) is 10.7. The second-order valence-corrected chi connectivity index (χ2v) is 9.67. The first kappa shape index (κ1) is 20.4. The highest BCUT2D eigenvalue weighted by Gasteiger charge is 2.36. The van der Waals surface area contributed by atoms with E-state index >= 15 is 0 Å². The minimum absolute atomic E-state index is 0.0125. The van der Waals surface area contributed by atoms with Gasteiger partial charge in [0, 0.05) is 15.6 Å². The Hall–Kier alpha value is -2.53. The van der Waals surface area contributed by atoms with Crippen LogP contribution < -0.4 is 0 Å². The Bertz CT molecular complexity index is 1180. The molecule has 3 unspecified atom stereocenters. The quantitative estimate of drug-likeness (QED) is 0.337. The first-order chi connectivity index (χ1) is 15.0. The van der Waals surface area contributed by atoms with Gasteiger partial charge in [0.05, 0.1) is 12.7 Å². The lowest BCUT2D eigenvalue weighted by molar-refractivity contribution is -0.0000190. The number of likely N-dealkylation sites (N-methyl/N-ethyl adjacent to an activating group) is 1. The maximum atomic E-state index is 13.4. The molecule has 0 radical (unpaired) electrons. The van der Waals surface area contributed by atoms with Gasteiger partial charge in [-0.2, -0.15) is 0 Å². The molecular formula is C27H26FNOS. The molecule has 0 saturated heterocycles. The topological polar surface area (TPSA) is 12.5 Å². The normalized spacial score (nSPS) is 17.8. The molecule has 5 rings (SSSR count). The van der Waals surface area contributed by atoms with Gasteiger partial charge >= 0.3 is 0 Å². The van der Waals surface area contributed by atoms with Crippen LogP contribution in [-0.2, 0) is 11.3 Å². The third kappa shape index (κ3) is 3.80. The Morgan fingerprint density at radius 3 is 2.52 bits per heavy atom. The molecule has 3 aromatic carbocycles. The standard InChI is InChI=1S/C27H26FNOS/c1-17(18-8-11-22(28)12-9-18)26(29(2)3)27-23-13-10-20(14-21(23)16-30-27)25-15-19-6-4-5-7-24(19)31-25/h4-15,17,26-27H,16H2,1-3H3. The molecule has 1 aromatic heterocycles. The predicted molar refractivity (Wildman–Crippen MR) is 127 cm³/mol. The van der Waals surface area contributed by atoms with Crippen LogP contribution in [0, 0.1) is 5.82 Å². The first-order valence-corrected chi connectivity index (χ1v) is 11.5. The summed E-state index contributed by atoms with van der Waals surface area (Å²) in [7, 11) is 4.19. The summed E-state index contributed by atoms with van der Waals surface area (Å²) in [6.45, 7) is 2.82. The summed E-state index contributed by atoms with van der Waals surface area (Å²) >= 11 is 1.83. The molecule has 0 spiro atoms. The minimum atomic E-state index is -0.200. The maximum Gasteiger partial charge on any atom is 0.123 e. The molecule has 0 N–H and O–H groups in total. The lowest BCUT2D eigenvalue weighted by Crippen LogP contribution is -2.38. The number of rotatable bonds is 5. The number of fused-ring (bicyclic) bond motifs is 2. The molecule has 0 saturated carbocycles. The summed E-state index contributed by atoms with van der Waals surface area (Å²) < 4.78 is 21.1. The molecule has 31 heavy (non-hydrogen) atoms. The number of hydrogen-bond donors (Lipinski definition) is 0. The van der Waals surface area contributed by atoms with E-state index in [1.807, 2.05) is 23.5 Å². The number of halogens is 1. The van der Waals surface area contributed by atoms with Crippen LogP contribution in [-0.4, -0.2) is 25.0 Å². The van der Waals surface area contributed by atoms with E-state index in [-0.39, 0.29) is 23.9 Å². The summed E-state index contributed by atoms with van der Waals surface area (Å²) in [6, 6.07) is 24.5. The van der Waals surface area contributed by atoms with E-state index in [1.165, 1.54) is 31.7 Å². The number of nitrogens with zero attached hydrogens (tertiary/aromatic N) is 1. The Morgan fingerprint density at radius 1 is 1.00 bits per heavy atom. The lowest BCUT2D eigenvalue weighted by Gasteiger charge is -2.35. The van der Waals surface area contributed by atoms with E-state index in [2.05, 4.69) is 74.4 Å². The van der Waals surface area contributed by atoms with Gasteiger partial charge in [0.15, 0.2) is 0 Å². The fourth-order valence-electron chi connectivity index (χ4n) is 4.78. The van der Waals surface area contributed by atoms with Crippen molar-refractivity contribution in [3.8, 4) is 10.4 Å². The number of benzene rings is 3. The van der Waals surface area contributed by atoms with Crippen molar-refractivity contribution in [2.24, 2.45) is 0 Å². The molecule has 0 amide bonds. The second-order valence-electron chi connectivity index (χ2n) is 8.59. The summed E-state index contributed by atoms with van der Waals surface area (Å²) in [4.78, 5) is 3.52. The van der Waals surface area contributed by atoms with Crippen molar-refractivity contribution >= 4 is 21.4 Å². The van der Waals surface area contributed by atoms with Crippen molar-refractivity contribution in [2.75, 3.05) is 14.1 Å². The molecule has 0 aliphatic carbocycles. The van der Waals surface area contributed by atoms with Crippen molar-refractivity contribution in [1.29, 1.82) is 0 Å². The van der Waals surface area contributed by atoms with E-state index in [1.54, 1.807) is 12.1 Å². The largest absolute Gasteiger partial charge is 0.367 e. The summed E-state index contributed by atoms with van der Waals surface area (Å²) in [5.41, 5.74) is 4.90. The zero-order chi connectivity index (χ0) is 21.5. The van der Waals surface area contributed by atoms with Crippen molar-refractivity contribution < 1.29 is 9.13 Å². The van der Waals surface area contributed by atoms with Gasteiger partial charge in [-0.25, -0.2) is 4.39 Å². The Kier molecular flexibility index (Phi) is 5.39. The molecule has 4 aromatic rings. The van der Waals surface area contributed by atoms with Gasteiger partial charge in [0.2, 0.25) is 0 Å². The zero-order valence-electron chi connectivity index (χ0n) is 18.0. The van der Waals surface area contributed by atoms with Crippen LogP contribution in [0.15, 0.2) is 72.8 Å². The van der Waals surface area contributed by atoms with Gasteiger partial charge in [-0.05, 0) is 78.0 Å². The number of ether oxygens (including phenoxy) is 1. The summed E-state index contributed by atoms with van der Waals surface area (Å²) in [6.07, 6.45) is -0.0125. The summed E-state index contributed by atoms with van der Waals surface area (Å²) in [5, 5.41) is 1.29. The van der Waals surface area contributed by atoms with E-state index in [0.717, 1.165) is 5.56 Å². The van der Waals surface area contributed by atoms with Crippen LogP contribution in [0.4, 0.5) is 4.39 Å². The second kappa shape index (κ2) is 8.19. The Balaban J connectivity index is 1.46. The Labute approximate surface area is 186 Å². The molecule has 2 nitrogen and oxygen atoms in total. The molecule has 1 aliphatic rings. The molecule has 158 valence electrons. The van der Waals surface area contributed by atoms with Gasteiger partial charge in [0.25, 0.3) is 0 Å². The highest BCUT2D eigenvalue weighted by Crippen LogP contribution is 2.42. The van der Waals surface area contributed by atoms with E-state index < -0.39 is 0 Å². The molecular weight excluding hydrogens is 405 g/mol. The molecule has 2 heterocycles. The smallest absolute Gasteiger partial charge is 0.123 e. The van der Waals surface area contributed by atoms with E-state index in [9.17, 15) is 4.39 Å². The third-order valence-corrected chi connectivity index (χ3v) is 7.56. The number of thiophene rings is 1. The van der Waals surface area contributed by atoms with E-state index in [0.29, 0.717) is 6.61 Å². The van der Waals surface area contributed by atoms with E-state index in [4.69, 9.17) is 4.74 Å². The SMILES string of the molecule is CC(c1ccc(F)cc1)C(C1OCc2cc(-c3cc4ccccc4s3)ccc21)N(C)C. The van der Waals surface area contributed by atoms with Gasteiger partial charge in [-0.15, -0.1) is 11.3 Å². The van der Waals surface area contributed by atoms with Gasteiger partial charge in [-0.3, -0.25) is 0 Å². The molecule has 3 atom stereocenters. The fourth-order valence-corrected chi connectivity index (χ4v) is 5.84. The molecule has 0 bridgehead atoms. The third-order valence-electron chi connectivity index (χ3n) is 6.39. The van der Waals surface area contributed by atoms with Crippen LogP contribution in [0.25, 0.3) is 20.5 Å². The summed E-state index contributed by atoms with van der Waals surface area (Å²) in [5.74, 6) is 0.00223. The monoisotopic (exact) mass is 431 g/mol. The molecule has 1 aliphatic heterocycles. The zero-order valence-corrected chi connectivity index (χ0v) is 18.8. The molecule has 0 fully saturated rings.